The number of carbonyl (C=O) groups excluding carboxylic acids is 1. The number of aromatic amines is 1. The van der Waals surface area contributed by atoms with Crippen LogP contribution in [0.3, 0.4) is 0 Å². The van der Waals surface area contributed by atoms with Crippen LogP contribution in [0, 0.1) is 5.92 Å². The van der Waals surface area contributed by atoms with E-state index >= 15 is 0 Å². The molecule has 5 nitrogen and oxygen atoms in total. The molecule has 2 heterocycles. The molecular formula is C9H13N3O2. The van der Waals surface area contributed by atoms with E-state index in [0.717, 1.165) is 5.82 Å². The van der Waals surface area contributed by atoms with Gasteiger partial charge in [-0.15, -0.1) is 0 Å². The molecule has 1 N–H and O–H groups in total. The standard InChI is InChI=1S/C9H13N3O2/c1-9(2)6(4-8(13)14-9)3-7-10-5-11-12-7/h5-6H,3-4H2,1-2H3,(H,10,11,12). The summed E-state index contributed by atoms with van der Waals surface area (Å²) in [5, 5.41) is 6.56. The topological polar surface area (TPSA) is 67.9 Å². The zero-order valence-corrected chi connectivity index (χ0v) is 8.28. The summed E-state index contributed by atoms with van der Waals surface area (Å²) in [6, 6.07) is 0. The van der Waals surface area contributed by atoms with Crippen molar-refractivity contribution in [1.29, 1.82) is 0 Å². The number of nitrogens with one attached hydrogen (secondary N) is 1. The minimum absolute atomic E-state index is 0.125. The van der Waals surface area contributed by atoms with E-state index in [1.807, 2.05) is 13.8 Å². The first-order valence-electron chi connectivity index (χ1n) is 4.64. The number of hydrogen-bond acceptors (Lipinski definition) is 4. The Labute approximate surface area is 81.9 Å². The van der Waals surface area contributed by atoms with Crippen molar-refractivity contribution in [2.75, 3.05) is 0 Å². The Hall–Kier alpha value is -1.39. The second kappa shape index (κ2) is 3.08. The highest BCUT2D eigenvalue weighted by Gasteiger charge is 2.41. The molecule has 0 radical (unpaired) electrons. The van der Waals surface area contributed by atoms with E-state index in [-0.39, 0.29) is 17.5 Å². The van der Waals surface area contributed by atoms with Crippen LogP contribution in [0.15, 0.2) is 6.33 Å². The summed E-state index contributed by atoms with van der Waals surface area (Å²) in [4.78, 5) is 15.2. The third kappa shape index (κ3) is 1.62. The molecule has 1 atom stereocenters. The van der Waals surface area contributed by atoms with Crippen molar-refractivity contribution in [3.8, 4) is 0 Å². The Bertz CT molecular complexity index is 332. The Morgan fingerprint density at radius 3 is 3.00 bits per heavy atom. The molecule has 1 aromatic rings. The van der Waals surface area contributed by atoms with E-state index in [1.54, 1.807) is 0 Å². The molecule has 1 fully saturated rings. The van der Waals surface area contributed by atoms with Gasteiger partial charge < -0.3 is 4.74 Å². The van der Waals surface area contributed by atoms with Gasteiger partial charge in [-0.05, 0) is 13.8 Å². The Morgan fingerprint density at radius 1 is 1.71 bits per heavy atom. The minimum Gasteiger partial charge on any atom is -0.459 e. The monoisotopic (exact) mass is 195 g/mol. The van der Waals surface area contributed by atoms with Crippen molar-refractivity contribution >= 4 is 5.97 Å². The van der Waals surface area contributed by atoms with Crippen LogP contribution in [-0.4, -0.2) is 26.8 Å². The molecule has 0 saturated carbocycles. The molecule has 1 aliphatic heterocycles. The highest BCUT2D eigenvalue weighted by Crippen LogP contribution is 2.33. The van der Waals surface area contributed by atoms with Crippen LogP contribution >= 0.6 is 0 Å². The third-order valence-corrected chi connectivity index (χ3v) is 2.68. The smallest absolute Gasteiger partial charge is 0.306 e. The number of esters is 1. The fourth-order valence-corrected chi connectivity index (χ4v) is 1.75. The summed E-state index contributed by atoms with van der Waals surface area (Å²) in [5.74, 6) is 0.865. The maximum atomic E-state index is 11.1. The summed E-state index contributed by atoms with van der Waals surface area (Å²) in [6.07, 6.45) is 2.65. The van der Waals surface area contributed by atoms with Gasteiger partial charge in [0.05, 0.1) is 6.42 Å². The number of cyclic esters (lactones) is 1. The molecular weight excluding hydrogens is 182 g/mol. The summed E-state index contributed by atoms with van der Waals surface area (Å²) < 4.78 is 5.21. The van der Waals surface area contributed by atoms with E-state index in [1.165, 1.54) is 6.33 Å². The van der Waals surface area contributed by atoms with Crippen molar-refractivity contribution in [2.24, 2.45) is 5.92 Å². The van der Waals surface area contributed by atoms with Crippen LogP contribution in [0.2, 0.25) is 0 Å². The first-order valence-corrected chi connectivity index (χ1v) is 4.64. The average molecular weight is 195 g/mol. The average Bonchev–Trinajstić information content (AvgIpc) is 2.61. The molecule has 0 spiro atoms. The lowest BCUT2D eigenvalue weighted by molar-refractivity contribution is -0.146. The minimum atomic E-state index is -0.385. The molecule has 0 bridgehead atoms. The van der Waals surface area contributed by atoms with Gasteiger partial charge >= 0.3 is 5.97 Å². The van der Waals surface area contributed by atoms with Crippen molar-refractivity contribution < 1.29 is 9.53 Å². The predicted molar refractivity (Wildman–Crippen MR) is 48.4 cm³/mol. The van der Waals surface area contributed by atoms with Gasteiger partial charge in [-0.3, -0.25) is 9.89 Å². The number of carbonyl (C=O) groups is 1. The van der Waals surface area contributed by atoms with Gasteiger partial charge in [-0.1, -0.05) is 0 Å². The van der Waals surface area contributed by atoms with Crippen molar-refractivity contribution in [3.63, 3.8) is 0 Å². The Kier molecular flexibility index (Phi) is 2.02. The lowest BCUT2D eigenvalue weighted by atomic mass is 9.88. The van der Waals surface area contributed by atoms with Gasteiger partial charge in [-0.2, -0.15) is 5.10 Å². The molecule has 5 heteroatoms. The van der Waals surface area contributed by atoms with E-state index in [9.17, 15) is 4.79 Å². The van der Waals surface area contributed by atoms with Gasteiger partial charge in [0.2, 0.25) is 0 Å². The Morgan fingerprint density at radius 2 is 2.50 bits per heavy atom. The van der Waals surface area contributed by atoms with Crippen molar-refractivity contribution in [3.05, 3.63) is 12.2 Å². The van der Waals surface area contributed by atoms with E-state index in [2.05, 4.69) is 15.2 Å². The normalized spacial score (nSPS) is 25.0. The number of nitrogens with zero attached hydrogens (tertiary/aromatic N) is 2. The maximum absolute atomic E-state index is 11.1. The van der Waals surface area contributed by atoms with E-state index < -0.39 is 0 Å². The van der Waals surface area contributed by atoms with Gasteiger partial charge in [0.25, 0.3) is 0 Å². The maximum Gasteiger partial charge on any atom is 0.306 e. The van der Waals surface area contributed by atoms with Gasteiger partial charge in [0.15, 0.2) is 0 Å². The number of H-pyrrole nitrogens is 1. The third-order valence-electron chi connectivity index (χ3n) is 2.68. The van der Waals surface area contributed by atoms with Gasteiger partial charge in [0.1, 0.15) is 17.8 Å². The fraction of sp³-hybridized carbons (Fsp3) is 0.667. The number of rotatable bonds is 2. The first kappa shape index (κ1) is 9.18. The molecule has 0 amide bonds. The largest absolute Gasteiger partial charge is 0.459 e. The quantitative estimate of drug-likeness (QED) is 0.705. The van der Waals surface area contributed by atoms with Gasteiger partial charge in [0, 0.05) is 12.3 Å². The highest BCUT2D eigenvalue weighted by molar-refractivity contribution is 5.72. The highest BCUT2D eigenvalue weighted by atomic mass is 16.6. The molecule has 0 aliphatic carbocycles. The molecule has 1 saturated heterocycles. The van der Waals surface area contributed by atoms with Crippen LogP contribution in [-0.2, 0) is 16.0 Å². The van der Waals surface area contributed by atoms with Crippen molar-refractivity contribution in [1.82, 2.24) is 15.2 Å². The number of ether oxygens (including phenoxy) is 1. The van der Waals surface area contributed by atoms with Crippen LogP contribution in [0.25, 0.3) is 0 Å². The summed E-state index contributed by atoms with van der Waals surface area (Å²) in [7, 11) is 0. The second-order valence-corrected chi connectivity index (χ2v) is 4.11. The SMILES string of the molecule is CC1(C)OC(=O)CC1Cc1ncn[nH]1. The molecule has 76 valence electrons. The Balaban J connectivity index is 2.08. The number of hydrogen-bond donors (Lipinski definition) is 1. The molecule has 2 rings (SSSR count). The molecule has 1 aromatic heterocycles. The van der Waals surface area contributed by atoms with E-state index in [0.29, 0.717) is 12.8 Å². The second-order valence-electron chi connectivity index (χ2n) is 4.11. The van der Waals surface area contributed by atoms with Crippen LogP contribution in [0.1, 0.15) is 26.1 Å². The number of aromatic nitrogens is 3. The zero-order valence-electron chi connectivity index (χ0n) is 8.28. The first-order chi connectivity index (χ1) is 6.58. The zero-order chi connectivity index (χ0) is 10.2. The van der Waals surface area contributed by atoms with Gasteiger partial charge in [-0.25, -0.2) is 4.98 Å². The van der Waals surface area contributed by atoms with Crippen LogP contribution in [0.4, 0.5) is 0 Å². The predicted octanol–water partition coefficient (Wildman–Crippen LogP) is 0.689. The molecule has 1 aliphatic rings. The summed E-state index contributed by atoms with van der Waals surface area (Å²) in [6.45, 7) is 3.86. The fourth-order valence-electron chi connectivity index (χ4n) is 1.75. The van der Waals surface area contributed by atoms with E-state index in [4.69, 9.17) is 4.74 Å². The van der Waals surface area contributed by atoms with Crippen LogP contribution in [0.5, 0.6) is 0 Å². The lowest BCUT2D eigenvalue weighted by Gasteiger charge is -2.23. The summed E-state index contributed by atoms with van der Waals surface area (Å²) in [5.41, 5.74) is -0.385. The van der Waals surface area contributed by atoms with Crippen LogP contribution < -0.4 is 0 Å². The molecule has 14 heavy (non-hydrogen) atoms. The molecule has 0 aromatic carbocycles. The summed E-state index contributed by atoms with van der Waals surface area (Å²) >= 11 is 0. The molecule has 1 unspecified atom stereocenters. The van der Waals surface area contributed by atoms with Crippen molar-refractivity contribution in [2.45, 2.75) is 32.3 Å². The lowest BCUT2D eigenvalue weighted by Crippen LogP contribution is -2.29.